The van der Waals surface area contributed by atoms with Crippen LogP contribution in [0.2, 0.25) is 0 Å². The average Bonchev–Trinajstić information content (AvgIpc) is 3.24. The zero-order valence-corrected chi connectivity index (χ0v) is 16.8. The van der Waals surface area contributed by atoms with Gasteiger partial charge in [-0.2, -0.15) is 0 Å². The molecule has 154 valence electrons. The number of halogens is 1. The molecular weight excluding hydrogens is 419 g/mol. The van der Waals surface area contributed by atoms with Crippen molar-refractivity contribution in [3.8, 4) is 11.3 Å². The van der Waals surface area contributed by atoms with Gasteiger partial charge >= 0.3 is 0 Å². The fourth-order valence-electron chi connectivity index (χ4n) is 3.86. The van der Waals surface area contributed by atoms with E-state index in [0.717, 1.165) is 0 Å². The Morgan fingerprint density at radius 1 is 0.935 bits per heavy atom. The lowest BCUT2D eigenvalue weighted by Crippen LogP contribution is -2.35. The first-order valence-electron chi connectivity index (χ1n) is 9.44. The van der Waals surface area contributed by atoms with Crippen LogP contribution in [0.1, 0.15) is 20.7 Å². The fraction of sp³-hybridized carbons (Fsp3) is 0.0435. The highest BCUT2D eigenvalue weighted by molar-refractivity contribution is 7.90. The van der Waals surface area contributed by atoms with Crippen molar-refractivity contribution < 1.29 is 22.4 Å². The van der Waals surface area contributed by atoms with Gasteiger partial charge in [0.2, 0.25) is 0 Å². The van der Waals surface area contributed by atoms with Crippen LogP contribution in [0.15, 0.2) is 77.7 Å². The van der Waals surface area contributed by atoms with Gasteiger partial charge in [0.1, 0.15) is 17.3 Å². The third-order valence-corrected chi connectivity index (χ3v) is 7.10. The van der Waals surface area contributed by atoms with Gasteiger partial charge in [-0.25, -0.2) is 17.1 Å². The molecule has 0 unspecified atom stereocenters. The van der Waals surface area contributed by atoms with Crippen LogP contribution < -0.4 is 0 Å². The molecule has 31 heavy (non-hydrogen) atoms. The molecule has 0 saturated carbocycles. The topological polar surface area (TPSA) is 87.3 Å². The van der Waals surface area contributed by atoms with Crippen LogP contribution in [0.5, 0.6) is 0 Å². The van der Waals surface area contributed by atoms with Gasteiger partial charge in [-0.15, -0.1) is 0 Å². The van der Waals surface area contributed by atoms with E-state index in [-0.39, 0.29) is 16.0 Å². The number of hydrogen-bond acceptors (Lipinski definition) is 4. The van der Waals surface area contributed by atoms with Crippen molar-refractivity contribution in [1.29, 1.82) is 0 Å². The summed E-state index contributed by atoms with van der Waals surface area (Å²) in [6, 6.07) is 18.6. The number of nitrogens with zero attached hydrogens (tertiary/aromatic N) is 1. The normalized spacial score (nSPS) is 14.7. The molecule has 0 radical (unpaired) electrons. The van der Waals surface area contributed by atoms with Crippen LogP contribution in [0, 0.1) is 5.82 Å². The Bertz CT molecular complexity index is 1470. The Morgan fingerprint density at radius 3 is 2.35 bits per heavy atom. The summed E-state index contributed by atoms with van der Waals surface area (Å²) >= 11 is 0. The fourth-order valence-corrected chi connectivity index (χ4v) is 5.39. The van der Waals surface area contributed by atoms with E-state index in [2.05, 4.69) is 4.98 Å². The number of aromatic nitrogens is 1. The SMILES string of the molecule is O=C(CN1C(=O)c2ccccc2S1(=O)=O)c1c(-c2ccc(F)cc2)[nH]c2ccccc12. The van der Waals surface area contributed by atoms with E-state index in [1.807, 2.05) is 0 Å². The molecule has 8 heteroatoms. The molecule has 2 heterocycles. The summed E-state index contributed by atoms with van der Waals surface area (Å²) in [6.07, 6.45) is 0. The standard InChI is InChI=1S/C23H15FN2O4S/c24-15-11-9-14(10-12-15)22-21(16-5-1-3-7-18(16)25-22)19(27)13-26-23(28)17-6-2-4-8-20(17)31(26,29)30/h1-12,25H,13H2. The summed E-state index contributed by atoms with van der Waals surface area (Å²) in [6.45, 7) is -0.633. The second kappa shape index (κ2) is 6.88. The molecule has 4 aromatic rings. The van der Waals surface area contributed by atoms with E-state index < -0.39 is 34.1 Å². The van der Waals surface area contributed by atoms with Gasteiger partial charge in [-0.05, 0) is 48.0 Å². The summed E-state index contributed by atoms with van der Waals surface area (Å²) < 4.78 is 39.7. The molecule has 0 atom stereocenters. The predicted molar refractivity (Wildman–Crippen MR) is 113 cm³/mol. The third-order valence-electron chi connectivity index (χ3n) is 5.32. The van der Waals surface area contributed by atoms with Crippen LogP contribution in [0.25, 0.3) is 22.2 Å². The van der Waals surface area contributed by atoms with Crippen LogP contribution in [-0.4, -0.2) is 35.9 Å². The molecule has 6 nitrogen and oxygen atoms in total. The first kappa shape index (κ1) is 19.2. The van der Waals surface area contributed by atoms with Crippen molar-refractivity contribution in [2.45, 2.75) is 4.90 Å². The molecule has 5 rings (SSSR count). The van der Waals surface area contributed by atoms with Gasteiger partial charge in [0.05, 0.1) is 16.8 Å². The molecule has 1 N–H and O–H groups in total. The maximum absolute atomic E-state index is 13.4. The monoisotopic (exact) mass is 434 g/mol. The molecule has 0 bridgehead atoms. The number of sulfonamides is 1. The Balaban J connectivity index is 1.60. The number of ketones is 1. The quantitative estimate of drug-likeness (QED) is 0.492. The van der Waals surface area contributed by atoms with E-state index in [1.54, 1.807) is 30.3 Å². The zero-order chi connectivity index (χ0) is 21.8. The first-order valence-corrected chi connectivity index (χ1v) is 10.9. The Kier molecular flexibility index (Phi) is 4.26. The number of carbonyl (C=O) groups excluding carboxylic acids is 2. The lowest BCUT2D eigenvalue weighted by atomic mass is 10.0. The maximum atomic E-state index is 13.4. The first-order chi connectivity index (χ1) is 14.9. The van der Waals surface area contributed by atoms with Gasteiger partial charge in [-0.3, -0.25) is 9.59 Å². The third kappa shape index (κ3) is 2.95. The second-order valence-electron chi connectivity index (χ2n) is 7.16. The van der Waals surface area contributed by atoms with E-state index in [4.69, 9.17) is 0 Å². The molecular formula is C23H15FN2O4S. The summed E-state index contributed by atoms with van der Waals surface area (Å²) in [5.74, 6) is -1.69. The van der Waals surface area contributed by atoms with Crippen LogP contribution in [0.4, 0.5) is 4.39 Å². The van der Waals surface area contributed by atoms with Crippen LogP contribution in [0.3, 0.4) is 0 Å². The summed E-state index contributed by atoms with van der Waals surface area (Å²) in [7, 11) is -4.11. The Morgan fingerprint density at radius 2 is 1.61 bits per heavy atom. The minimum absolute atomic E-state index is 0.0491. The number of Topliss-reactive ketones (excluding diaryl/α,β-unsaturated/α-hetero) is 1. The number of para-hydroxylation sites is 1. The van der Waals surface area contributed by atoms with Gasteiger partial charge in [0, 0.05) is 10.9 Å². The number of carbonyl (C=O) groups is 2. The molecule has 1 aromatic heterocycles. The van der Waals surface area contributed by atoms with Gasteiger partial charge in [0.25, 0.3) is 15.9 Å². The molecule has 0 spiro atoms. The van der Waals surface area contributed by atoms with Crippen molar-refractivity contribution >= 4 is 32.6 Å². The van der Waals surface area contributed by atoms with Crippen molar-refractivity contribution in [3.63, 3.8) is 0 Å². The second-order valence-corrected chi connectivity index (χ2v) is 8.99. The number of benzene rings is 3. The molecule has 3 aromatic carbocycles. The smallest absolute Gasteiger partial charge is 0.269 e. The molecule has 0 fully saturated rings. The number of aromatic amines is 1. The molecule has 0 saturated heterocycles. The largest absolute Gasteiger partial charge is 0.354 e. The highest BCUT2D eigenvalue weighted by Gasteiger charge is 2.42. The van der Waals surface area contributed by atoms with Gasteiger partial charge in [0.15, 0.2) is 5.78 Å². The molecule has 0 aliphatic carbocycles. The Hall–Kier alpha value is -3.78. The lowest BCUT2D eigenvalue weighted by Gasteiger charge is -2.14. The number of fused-ring (bicyclic) bond motifs is 2. The molecule has 1 aliphatic rings. The van der Waals surface area contributed by atoms with E-state index in [0.29, 0.717) is 26.5 Å². The number of nitrogens with one attached hydrogen (secondary N) is 1. The van der Waals surface area contributed by atoms with Crippen molar-refractivity contribution in [1.82, 2.24) is 9.29 Å². The summed E-state index contributed by atoms with van der Waals surface area (Å²) in [5, 5.41) is 0.591. The highest BCUT2D eigenvalue weighted by atomic mass is 32.2. The van der Waals surface area contributed by atoms with Crippen molar-refractivity contribution in [3.05, 3.63) is 89.7 Å². The van der Waals surface area contributed by atoms with Crippen LogP contribution in [-0.2, 0) is 10.0 Å². The summed E-state index contributed by atoms with van der Waals surface area (Å²) in [4.78, 5) is 29.1. The van der Waals surface area contributed by atoms with Gasteiger partial charge in [-0.1, -0.05) is 30.3 Å². The van der Waals surface area contributed by atoms with Crippen molar-refractivity contribution in [2.24, 2.45) is 0 Å². The average molecular weight is 434 g/mol. The number of hydrogen-bond donors (Lipinski definition) is 1. The zero-order valence-electron chi connectivity index (χ0n) is 16.0. The minimum Gasteiger partial charge on any atom is -0.354 e. The van der Waals surface area contributed by atoms with Crippen molar-refractivity contribution in [2.75, 3.05) is 6.54 Å². The number of H-pyrrole nitrogens is 1. The predicted octanol–water partition coefficient (Wildman–Crippen LogP) is 4.00. The van der Waals surface area contributed by atoms with Gasteiger partial charge < -0.3 is 4.98 Å². The summed E-state index contributed by atoms with van der Waals surface area (Å²) in [5.41, 5.74) is 1.98. The highest BCUT2D eigenvalue weighted by Crippen LogP contribution is 2.34. The lowest BCUT2D eigenvalue weighted by molar-refractivity contribution is 0.0821. The minimum atomic E-state index is -4.11. The van der Waals surface area contributed by atoms with E-state index in [9.17, 15) is 22.4 Å². The van der Waals surface area contributed by atoms with E-state index >= 15 is 0 Å². The number of amides is 1. The van der Waals surface area contributed by atoms with E-state index in [1.165, 1.54) is 42.5 Å². The molecule has 1 aliphatic heterocycles. The maximum Gasteiger partial charge on any atom is 0.269 e. The Labute approximate surface area is 177 Å². The number of rotatable bonds is 4. The van der Waals surface area contributed by atoms with Crippen LogP contribution >= 0.6 is 0 Å². The molecule has 1 amide bonds.